The second-order valence-electron chi connectivity index (χ2n) is 13.8. The van der Waals surface area contributed by atoms with Crippen LogP contribution in [0.2, 0.25) is 0 Å². The van der Waals surface area contributed by atoms with Gasteiger partial charge in [0.05, 0.1) is 37.4 Å². The molecule has 274 valence electrons. The van der Waals surface area contributed by atoms with E-state index in [1.807, 2.05) is 0 Å². The maximum Gasteiger partial charge on any atom is 0.258 e. The monoisotopic (exact) mass is 768 g/mol. The highest BCUT2D eigenvalue weighted by molar-refractivity contribution is 6.58. The zero-order valence-corrected chi connectivity index (χ0v) is 30.3. The number of rotatable bonds is 7. The third kappa shape index (κ3) is 4.94. The van der Waals surface area contributed by atoms with E-state index in [4.69, 9.17) is 32.7 Å². The summed E-state index contributed by atoms with van der Waals surface area (Å²) < 4.78 is 25.0. The molecule has 4 aromatic carbocycles. The number of ketones is 1. The van der Waals surface area contributed by atoms with Crippen LogP contribution in [0, 0.1) is 23.6 Å². The van der Waals surface area contributed by atoms with Crippen LogP contribution in [0.15, 0.2) is 103 Å². The van der Waals surface area contributed by atoms with Crippen molar-refractivity contribution in [3.8, 4) is 17.2 Å². The van der Waals surface area contributed by atoms with Crippen molar-refractivity contribution in [1.29, 1.82) is 0 Å². The van der Waals surface area contributed by atoms with Gasteiger partial charge in [-0.3, -0.25) is 28.9 Å². The van der Waals surface area contributed by atoms with Crippen LogP contribution in [0.3, 0.4) is 0 Å². The van der Waals surface area contributed by atoms with Crippen molar-refractivity contribution in [3.63, 3.8) is 0 Å². The third-order valence-electron chi connectivity index (χ3n) is 11.2. The first-order valence-electron chi connectivity index (χ1n) is 17.1. The fourth-order valence-electron chi connectivity index (χ4n) is 8.65. The molecule has 0 spiro atoms. The molecule has 0 aromatic heterocycles. The van der Waals surface area contributed by atoms with Gasteiger partial charge in [-0.05, 0) is 67.3 Å². The molecule has 6 unspecified atom stereocenters. The first-order valence-corrected chi connectivity index (χ1v) is 17.9. The highest BCUT2D eigenvalue weighted by atomic mass is 35.5. The van der Waals surface area contributed by atoms with Crippen molar-refractivity contribution >= 4 is 64.0 Å². The number of carbonyl (C=O) groups is 5. The normalized spacial score (nSPS) is 27.3. The number of ether oxygens (including phenoxy) is 2. The Balaban J connectivity index is 1.24. The molecule has 13 heteroatoms. The molecule has 54 heavy (non-hydrogen) atoms. The van der Waals surface area contributed by atoms with Gasteiger partial charge in [-0.1, -0.05) is 42.0 Å². The van der Waals surface area contributed by atoms with Crippen LogP contribution in [0.4, 0.5) is 15.8 Å². The van der Waals surface area contributed by atoms with E-state index in [2.05, 4.69) is 0 Å². The van der Waals surface area contributed by atoms with Gasteiger partial charge in [0.2, 0.25) is 11.8 Å². The summed E-state index contributed by atoms with van der Waals surface area (Å²) in [6.07, 6.45) is 1.49. The summed E-state index contributed by atoms with van der Waals surface area (Å²) in [4.78, 5) is 68.3. The largest absolute Gasteiger partial charge is 0.507 e. The van der Waals surface area contributed by atoms with E-state index in [9.17, 15) is 33.5 Å². The van der Waals surface area contributed by atoms with Crippen LogP contribution < -0.4 is 19.3 Å². The van der Waals surface area contributed by atoms with Crippen molar-refractivity contribution in [3.05, 3.63) is 125 Å². The number of alkyl halides is 2. The molecular weight excluding hydrogens is 738 g/mol. The average molecular weight is 770 g/mol. The molecular formula is C41H31Cl2FN2O8. The maximum atomic E-state index is 14.7. The number of phenols is 1. The summed E-state index contributed by atoms with van der Waals surface area (Å²) in [6, 6.07) is 22.3. The first kappa shape index (κ1) is 35.5. The predicted octanol–water partition coefficient (Wildman–Crippen LogP) is 6.55. The molecule has 10 nitrogen and oxygen atoms in total. The highest BCUT2D eigenvalue weighted by Gasteiger charge is 2.77. The van der Waals surface area contributed by atoms with Gasteiger partial charge >= 0.3 is 0 Å². The fraction of sp³-hybridized carbons (Fsp3) is 0.244. The van der Waals surface area contributed by atoms with Gasteiger partial charge in [0, 0.05) is 34.7 Å². The molecule has 2 saturated heterocycles. The van der Waals surface area contributed by atoms with Crippen molar-refractivity contribution in [2.45, 2.75) is 28.5 Å². The number of hydrogen-bond acceptors (Lipinski definition) is 8. The number of amides is 4. The van der Waals surface area contributed by atoms with Gasteiger partial charge < -0.3 is 14.6 Å². The minimum absolute atomic E-state index is 0.0211. The minimum Gasteiger partial charge on any atom is -0.507 e. The molecule has 3 fully saturated rings. The number of phenolic OH excluding ortho intramolecular Hbond substituents is 1. The number of allylic oxidation sites excluding steroid dienone is 2. The van der Waals surface area contributed by atoms with Crippen LogP contribution in [0.1, 0.15) is 40.2 Å². The second kappa shape index (κ2) is 12.8. The number of aromatic hydroxyl groups is 1. The van der Waals surface area contributed by atoms with Crippen LogP contribution in [-0.4, -0.2) is 58.5 Å². The SMILES string of the molecule is COc1cc(O)c(C2C3=CCC4C(=O)N(c5ccc(C(=O)c6ccccc6)cc5)C(=O)C4C3CC3(Cl)C(=O)N(c4ccc(F)cc4)C(=O)C23Cl)c(OC)c1. The molecule has 2 aliphatic carbocycles. The third-order valence-corrected chi connectivity index (χ3v) is 12.6. The number of carbonyl (C=O) groups excluding carboxylic acids is 5. The summed E-state index contributed by atoms with van der Waals surface area (Å²) in [5, 5.41) is 11.6. The average Bonchev–Trinajstić information content (AvgIpc) is 3.52. The van der Waals surface area contributed by atoms with Crippen LogP contribution in [-0.2, 0) is 19.2 Å². The number of anilines is 2. The van der Waals surface area contributed by atoms with Gasteiger partial charge in [0.15, 0.2) is 15.5 Å². The lowest BCUT2D eigenvalue weighted by Gasteiger charge is -2.50. The van der Waals surface area contributed by atoms with E-state index in [1.54, 1.807) is 48.5 Å². The van der Waals surface area contributed by atoms with Gasteiger partial charge in [0.25, 0.3) is 11.8 Å². The second-order valence-corrected chi connectivity index (χ2v) is 15.0. The fourth-order valence-corrected chi connectivity index (χ4v) is 9.57. The molecule has 2 heterocycles. The number of fused-ring (bicyclic) bond motifs is 4. The summed E-state index contributed by atoms with van der Waals surface area (Å²) in [6.45, 7) is 0. The predicted molar refractivity (Wildman–Crippen MR) is 197 cm³/mol. The Morgan fingerprint density at radius 1 is 0.796 bits per heavy atom. The Morgan fingerprint density at radius 3 is 2.07 bits per heavy atom. The van der Waals surface area contributed by atoms with Gasteiger partial charge in [-0.25, -0.2) is 9.29 Å². The summed E-state index contributed by atoms with van der Waals surface area (Å²) >= 11 is 14.9. The molecule has 0 radical (unpaired) electrons. The van der Waals surface area contributed by atoms with E-state index in [1.165, 1.54) is 50.6 Å². The number of halogens is 3. The van der Waals surface area contributed by atoms with Gasteiger partial charge in [-0.2, -0.15) is 0 Å². The zero-order chi connectivity index (χ0) is 38.3. The summed E-state index contributed by atoms with van der Waals surface area (Å²) in [5.74, 6) is -7.89. The molecule has 0 bridgehead atoms. The van der Waals surface area contributed by atoms with Crippen molar-refractivity contribution in [2.24, 2.45) is 17.8 Å². The lowest BCUT2D eigenvalue weighted by Crippen LogP contribution is -2.60. The smallest absolute Gasteiger partial charge is 0.258 e. The quantitative estimate of drug-likeness (QED) is 0.0971. The topological polar surface area (TPSA) is 131 Å². The highest BCUT2D eigenvalue weighted by Crippen LogP contribution is 2.67. The van der Waals surface area contributed by atoms with E-state index < -0.39 is 62.9 Å². The molecule has 1 saturated carbocycles. The van der Waals surface area contributed by atoms with E-state index >= 15 is 0 Å². The Bertz CT molecular complexity index is 2300. The first-order chi connectivity index (χ1) is 25.8. The number of hydrogen-bond donors (Lipinski definition) is 1. The molecule has 8 rings (SSSR count). The molecule has 4 amide bonds. The Hall–Kier alpha value is -5.52. The molecule has 6 atom stereocenters. The minimum atomic E-state index is -2.29. The molecule has 2 aliphatic heterocycles. The number of methoxy groups -OCH3 is 2. The van der Waals surface area contributed by atoms with Crippen LogP contribution in [0.5, 0.6) is 17.2 Å². The Kier molecular flexibility index (Phi) is 8.42. The maximum absolute atomic E-state index is 14.7. The molecule has 1 N–H and O–H groups in total. The van der Waals surface area contributed by atoms with Crippen molar-refractivity contribution < 1.29 is 42.9 Å². The van der Waals surface area contributed by atoms with E-state index in [0.29, 0.717) is 16.7 Å². The van der Waals surface area contributed by atoms with Crippen molar-refractivity contribution in [1.82, 2.24) is 0 Å². The number of nitrogens with zero attached hydrogens (tertiary/aromatic N) is 2. The Labute approximate surface area is 318 Å². The number of benzene rings is 4. The molecule has 4 aromatic rings. The van der Waals surface area contributed by atoms with E-state index in [-0.39, 0.29) is 52.8 Å². The molecule has 4 aliphatic rings. The standard InChI is InChI=1S/C41H31Cl2FN2O8/c1-53-26-18-30(47)33(31(19-26)54-2)34-27-16-17-28-32(29(27)20-40(42)38(51)46(39(52)41(34,40)43)25-14-10-23(44)11-15-25)37(50)45(36(28)49)24-12-8-22(9-13-24)35(48)21-6-4-3-5-7-21/h3-16,18-19,28-29,32,34,47H,17,20H2,1-2H3. The zero-order valence-electron chi connectivity index (χ0n) is 28.8. The lowest BCUT2D eigenvalue weighted by molar-refractivity contribution is -0.125. The lowest BCUT2D eigenvalue weighted by atomic mass is 9.56. The number of imide groups is 2. The Morgan fingerprint density at radius 2 is 1.43 bits per heavy atom. The summed E-state index contributed by atoms with van der Waals surface area (Å²) in [7, 11) is 2.74. The van der Waals surface area contributed by atoms with Gasteiger partial charge in [0.1, 0.15) is 23.1 Å². The van der Waals surface area contributed by atoms with Crippen molar-refractivity contribution in [2.75, 3.05) is 24.0 Å². The van der Waals surface area contributed by atoms with E-state index in [0.717, 1.165) is 21.9 Å². The van der Waals surface area contributed by atoms with Crippen LogP contribution in [0.25, 0.3) is 0 Å². The van der Waals surface area contributed by atoms with Gasteiger partial charge in [-0.15, -0.1) is 23.2 Å². The summed E-state index contributed by atoms with van der Waals surface area (Å²) in [5.41, 5.74) is 1.59. The van der Waals surface area contributed by atoms with Crippen LogP contribution >= 0.6 is 23.2 Å².